The summed E-state index contributed by atoms with van der Waals surface area (Å²) in [5.41, 5.74) is 3.30. The van der Waals surface area contributed by atoms with Crippen LogP contribution in [0, 0.1) is 18.8 Å². The largest absolute Gasteiger partial charge is 0.497 e. The van der Waals surface area contributed by atoms with E-state index in [0.717, 1.165) is 11.1 Å². The van der Waals surface area contributed by atoms with Crippen molar-refractivity contribution in [1.29, 1.82) is 0 Å². The number of ether oxygens (including phenoxy) is 2. The van der Waals surface area contributed by atoms with E-state index < -0.39 is 5.97 Å². The number of rotatable bonds is 5. The lowest BCUT2D eigenvalue weighted by atomic mass is 9.94. The molecule has 0 bridgehead atoms. The summed E-state index contributed by atoms with van der Waals surface area (Å²) in [5, 5.41) is 0. The Bertz CT molecular complexity index is 1460. The molecule has 5 heteroatoms. The second kappa shape index (κ2) is 10.6. The SMILES string of the molecule is CCOC(=O)c1c(-c2ccccc2)c(C)c(=O)n(-c2ccc(OC)cc2)c1C#Cc1ccccc1. The van der Waals surface area contributed by atoms with Gasteiger partial charge in [-0.1, -0.05) is 54.5 Å². The van der Waals surface area contributed by atoms with Gasteiger partial charge in [0.05, 0.1) is 19.4 Å². The van der Waals surface area contributed by atoms with Crippen LogP contribution in [0.15, 0.2) is 89.7 Å². The fraction of sp³-hybridized carbons (Fsp3) is 0.133. The first-order valence-corrected chi connectivity index (χ1v) is 11.3. The van der Waals surface area contributed by atoms with Crippen LogP contribution >= 0.6 is 0 Å². The number of hydrogen-bond donors (Lipinski definition) is 0. The number of carbonyl (C=O) groups excluding carboxylic acids is 1. The van der Waals surface area contributed by atoms with Crippen LogP contribution in [0.25, 0.3) is 16.8 Å². The molecule has 4 rings (SSSR count). The van der Waals surface area contributed by atoms with E-state index in [1.807, 2.05) is 60.7 Å². The summed E-state index contributed by atoms with van der Waals surface area (Å²) in [4.78, 5) is 27.2. The topological polar surface area (TPSA) is 57.5 Å². The smallest absolute Gasteiger partial charge is 0.341 e. The molecule has 0 radical (unpaired) electrons. The summed E-state index contributed by atoms with van der Waals surface area (Å²) in [6, 6.07) is 25.9. The minimum absolute atomic E-state index is 0.194. The normalized spacial score (nSPS) is 10.3. The molecule has 4 aromatic rings. The van der Waals surface area contributed by atoms with Crippen molar-refractivity contribution < 1.29 is 14.3 Å². The number of carbonyl (C=O) groups is 1. The first kappa shape index (κ1) is 23.6. The van der Waals surface area contributed by atoms with E-state index in [9.17, 15) is 9.59 Å². The maximum Gasteiger partial charge on any atom is 0.341 e. The third-order valence-electron chi connectivity index (χ3n) is 5.58. The molecular weight excluding hydrogens is 438 g/mol. The summed E-state index contributed by atoms with van der Waals surface area (Å²) in [6.07, 6.45) is 0. The van der Waals surface area contributed by atoms with Crippen LogP contribution in [0.1, 0.15) is 34.1 Å². The number of aromatic nitrogens is 1. The van der Waals surface area contributed by atoms with E-state index in [0.29, 0.717) is 22.6 Å². The van der Waals surface area contributed by atoms with Crippen molar-refractivity contribution in [2.75, 3.05) is 13.7 Å². The highest BCUT2D eigenvalue weighted by Crippen LogP contribution is 2.30. The van der Waals surface area contributed by atoms with Gasteiger partial charge in [-0.2, -0.15) is 0 Å². The summed E-state index contributed by atoms with van der Waals surface area (Å²) in [5.74, 6) is 6.36. The van der Waals surface area contributed by atoms with E-state index >= 15 is 0 Å². The Labute approximate surface area is 204 Å². The van der Waals surface area contributed by atoms with Crippen LogP contribution in [0.5, 0.6) is 5.75 Å². The number of pyridine rings is 1. The first-order valence-electron chi connectivity index (χ1n) is 11.3. The summed E-state index contributed by atoms with van der Waals surface area (Å²) in [6.45, 7) is 3.67. The monoisotopic (exact) mass is 463 g/mol. The van der Waals surface area contributed by atoms with E-state index in [1.165, 1.54) is 4.57 Å². The quantitative estimate of drug-likeness (QED) is 0.294. The molecule has 0 spiro atoms. The Balaban J connectivity index is 2.12. The van der Waals surface area contributed by atoms with Gasteiger partial charge in [0.1, 0.15) is 17.0 Å². The van der Waals surface area contributed by atoms with Crippen molar-refractivity contribution in [2.24, 2.45) is 0 Å². The molecule has 0 unspecified atom stereocenters. The molecule has 35 heavy (non-hydrogen) atoms. The first-order chi connectivity index (χ1) is 17.0. The van der Waals surface area contributed by atoms with Crippen LogP contribution in [0.2, 0.25) is 0 Å². The Morgan fingerprint density at radius 1 is 0.886 bits per heavy atom. The lowest BCUT2D eigenvalue weighted by Crippen LogP contribution is -2.28. The molecule has 174 valence electrons. The van der Waals surface area contributed by atoms with Crippen LogP contribution in [0.4, 0.5) is 0 Å². The molecule has 0 fully saturated rings. The van der Waals surface area contributed by atoms with Crippen LogP contribution in [-0.2, 0) is 4.74 Å². The van der Waals surface area contributed by atoms with Gasteiger partial charge >= 0.3 is 5.97 Å². The van der Waals surface area contributed by atoms with E-state index in [1.54, 1.807) is 45.2 Å². The third-order valence-corrected chi connectivity index (χ3v) is 5.58. The third kappa shape index (κ3) is 4.87. The second-order valence-electron chi connectivity index (χ2n) is 7.76. The molecule has 0 aliphatic heterocycles. The van der Waals surface area contributed by atoms with Crippen LogP contribution in [-0.4, -0.2) is 24.3 Å². The fourth-order valence-corrected chi connectivity index (χ4v) is 3.91. The van der Waals surface area contributed by atoms with Gasteiger partial charge in [0.25, 0.3) is 5.56 Å². The van der Waals surface area contributed by atoms with Gasteiger partial charge in [-0.05, 0) is 61.7 Å². The highest BCUT2D eigenvalue weighted by atomic mass is 16.5. The summed E-state index contributed by atoms with van der Waals surface area (Å²) < 4.78 is 12.2. The molecule has 1 aromatic heterocycles. The van der Waals surface area contributed by atoms with Gasteiger partial charge in [-0.15, -0.1) is 0 Å². The minimum atomic E-state index is -0.533. The number of esters is 1. The predicted molar refractivity (Wildman–Crippen MR) is 137 cm³/mol. The molecule has 0 saturated heterocycles. The average molecular weight is 464 g/mol. The Morgan fingerprint density at radius 2 is 1.51 bits per heavy atom. The van der Waals surface area contributed by atoms with Gasteiger partial charge < -0.3 is 9.47 Å². The highest BCUT2D eigenvalue weighted by molar-refractivity contribution is 6.00. The Hall–Kier alpha value is -4.56. The standard InChI is InChI=1S/C30H25NO4/c1-4-35-30(33)28-26(20-15-22-11-7-5-8-12-22)31(24-16-18-25(34-3)19-17-24)29(32)21(2)27(28)23-13-9-6-10-14-23/h5-14,16-19H,4H2,1-3H3. The van der Waals surface area contributed by atoms with Crippen LogP contribution < -0.4 is 10.3 Å². The molecule has 0 amide bonds. The van der Waals surface area contributed by atoms with Crippen LogP contribution in [0.3, 0.4) is 0 Å². The van der Waals surface area contributed by atoms with Crippen molar-refractivity contribution in [1.82, 2.24) is 4.57 Å². The fourth-order valence-electron chi connectivity index (χ4n) is 3.91. The Kier molecular flexibility index (Phi) is 7.13. The number of benzene rings is 3. The lowest BCUT2D eigenvalue weighted by molar-refractivity contribution is 0.0526. The van der Waals surface area contributed by atoms with E-state index in [4.69, 9.17) is 9.47 Å². The van der Waals surface area contributed by atoms with Gasteiger partial charge in [-0.25, -0.2) is 4.79 Å². The lowest BCUT2D eigenvalue weighted by Gasteiger charge is -2.19. The average Bonchev–Trinajstić information content (AvgIpc) is 2.90. The van der Waals surface area contributed by atoms with Crippen molar-refractivity contribution >= 4 is 5.97 Å². The second-order valence-corrected chi connectivity index (χ2v) is 7.76. The van der Waals surface area contributed by atoms with E-state index in [2.05, 4.69) is 11.8 Å². The van der Waals surface area contributed by atoms with Crippen molar-refractivity contribution in [2.45, 2.75) is 13.8 Å². The molecule has 0 saturated carbocycles. The van der Waals surface area contributed by atoms with Crippen molar-refractivity contribution in [3.63, 3.8) is 0 Å². The Morgan fingerprint density at radius 3 is 2.11 bits per heavy atom. The molecule has 1 heterocycles. The number of nitrogens with zero attached hydrogens (tertiary/aromatic N) is 1. The molecule has 0 aliphatic rings. The molecule has 0 atom stereocenters. The molecule has 5 nitrogen and oxygen atoms in total. The summed E-state index contributed by atoms with van der Waals surface area (Å²) in [7, 11) is 1.58. The zero-order chi connectivity index (χ0) is 24.8. The molecule has 0 aliphatic carbocycles. The minimum Gasteiger partial charge on any atom is -0.497 e. The maximum absolute atomic E-state index is 13.8. The molecule has 3 aromatic carbocycles. The number of hydrogen-bond acceptors (Lipinski definition) is 4. The van der Waals surface area contributed by atoms with Gasteiger partial charge in [0.2, 0.25) is 0 Å². The van der Waals surface area contributed by atoms with Gasteiger partial charge in [0.15, 0.2) is 0 Å². The zero-order valence-electron chi connectivity index (χ0n) is 19.9. The maximum atomic E-state index is 13.8. The van der Waals surface area contributed by atoms with Crippen molar-refractivity contribution in [3.8, 4) is 34.4 Å². The number of methoxy groups -OCH3 is 1. The highest BCUT2D eigenvalue weighted by Gasteiger charge is 2.26. The predicted octanol–water partition coefficient (Wildman–Crippen LogP) is 5.40. The molecular formula is C30H25NO4. The van der Waals surface area contributed by atoms with Gasteiger partial charge in [0, 0.05) is 16.7 Å². The zero-order valence-corrected chi connectivity index (χ0v) is 19.9. The summed E-state index contributed by atoms with van der Waals surface area (Å²) >= 11 is 0. The van der Waals surface area contributed by atoms with E-state index in [-0.39, 0.29) is 23.4 Å². The molecule has 0 N–H and O–H groups in total. The van der Waals surface area contributed by atoms with Gasteiger partial charge in [-0.3, -0.25) is 9.36 Å². The van der Waals surface area contributed by atoms with Crippen molar-refractivity contribution in [3.05, 3.63) is 118 Å².